The average molecular weight is 182 g/mol. The van der Waals surface area contributed by atoms with Crippen molar-refractivity contribution >= 4 is 5.97 Å². The lowest BCUT2D eigenvalue weighted by molar-refractivity contribution is -0.149. The quantitative estimate of drug-likeness (QED) is 0.526. The molecule has 0 aromatic carbocycles. The SMILES string of the molecule is O=C1OC[C@@H]2OC[C@@H]3CCCC[C@]132. The Hall–Kier alpha value is -0.570. The first-order valence-corrected chi connectivity index (χ1v) is 5.13. The van der Waals surface area contributed by atoms with Gasteiger partial charge < -0.3 is 9.47 Å². The Kier molecular flexibility index (Phi) is 1.48. The van der Waals surface area contributed by atoms with Gasteiger partial charge in [-0.15, -0.1) is 0 Å². The van der Waals surface area contributed by atoms with Gasteiger partial charge in [0, 0.05) is 5.92 Å². The van der Waals surface area contributed by atoms with Crippen LogP contribution in [0.3, 0.4) is 0 Å². The van der Waals surface area contributed by atoms with Crippen molar-refractivity contribution < 1.29 is 14.3 Å². The first kappa shape index (κ1) is 7.80. The van der Waals surface area contributed by atoms with Gasteiger partial charge in [-0.05, 0) is 12.8 Å². The van der Waals surface area contributed by atoms with Gasteiger partial charge in [0.25, 0.3) is 0 Å². The van der Waals surface area contributed by atoms with Crippen LogP contribution in [-0.2, 0) is 14.3 Å². The molecule has 0 radical (unpaired) electrons. The minimum Gasteiger partial charge on any atom is -0.462 e. The molecule has 3 heteroatoms. The summed E-state index contributed by atoms with van der Waals surface area (Å²) >= 11 is 0. The molecular weight excluding hydrogens is 168 g/mol. The molecule has 13 heavy (non-hydrogen) atoms. The van der Waals surface area contributed by atoms with Crippen LogP contribution < -0.4 is 0 Å². The van der Waals surface area contributed by atoms with Crippen molar-refractivity contribution in [3.63, 3.8) is 0 Å². The smallest absolute Gasteiger partial charge is 0.315 e. The standard InChI is InChI=1S/C10H14O3/c11-9-10-4-2-1-3-7(10)5-12-8(10)6-13-9/h7-8H,1-6H2/t7-,8-,10-/m0/s1. The largest absolute Gasteiger partial charge is 0.462 e. The fourth-order valence-electron chi connectivity index (χ4n) is 3.19. The van der Waals surface area contributed by atoms with E-state index in [0.717, 1.165) is 25.9 Å². The fraction of sp³-hybridized carbons (Fsp3) is 0.900. The summed E-state index contributed by atoms with van der Waals surface area (Å²) in [5, 5.41) is 0. The Morgan fingerprint density at radius 1 is 1.31 bits per heavy atom. The third-order valence-corrected chi connectivity index (χ3v) is 3.94. The molecule has 1 spiro atoms. The van der Waals surface area contributed by atoms with Crippen LogP contribution in [0.1, 0.15) is 25.7 Å². The van der Waals surface area contributed by atoms with E-state index in [1.54, 1.807) is 0 Å². The van der Waals surface area contributed by atoms with E-state index in [1.807, 2.05) is 0 Å². The summed E-state index contributed by atoms with van der Waals surface area (Å²) in [5.41, 5.74) is -0.224. The summed E-state index contributed by atoms with van der Waals surface area (Å²) in [7, 11) is 0. The molecule has 2 aliphatic heterocycles. The van der Waals surface area contributed by atoms with E-state index in [1.165, 1.54) is 6.42 Å². The highest BCUT2D eigenvalue weighted by Crippen LogP contribution is 2.53. The molecule has 1 aliphatic carbocycles. The number of hydrogen-bond donors (Lipinski definition) is 0. The summed E-state index contributed by atoms with van der Waals surface area (Å²) in [6, 6.07) is 0. The van der Waals surface area contributed by atoms with Gasteiger partial charge in [-0.3, -0.25) is 4.79 Å². The molecule has 1 saturated carbocycles. The molecule has 0 amide bonds. The third-order valence-electron chi connectivity index (χ3n) is 3.94. The average Bonchev–Trinajstić information content (AvgIpc) is 2.65. The van der Waals surface area contributed by atoms with Gasteiger partial charge in [0.1, 0.15) is 18.1 Å². The maximum Gasteiger partial charge on any atom is 0.315 e. The minimum absolute atomic E-state index is 0.0136. The molecule has 0 N–H and O–H groups in total. The van der Waals surface area contributed by atoms with Gasteiger partial charge in [-0.1, -0.05) is 12.8 Å². The number of cyclic esters (lactones) is 1. The molecule has 0 aromatic heterocycles. The molecule has 3 fully saturated rings. The number of carbonyl (C=O) groups excluding carboxylic acids is 1. The zero-order valence-corrected chi connectivity index (χ0v) is 7.62. The number of carbonyl (C=O) groups is 1. The molecular formula is C10H14O3. The summed E-state index contributed by atoms with van der Waals surface area (Å²) < 4.78 is 10.8. The lowest BCUT2D eigenvalue weighted by Crippen LogP contribution is -2.41. The molecule has 0 aromatic rings. The fourth-order valence-corrected chi connectivity index (χ4v) is 3.19. The van der Waals surface area contributed by atoms with E-state index >= 15 is 0 Å². The highest BCUT2D eigenvalue weighted by atomic mass is 16.6. The molecule has 0 unspecified atom stereocenters. The van der Waals surface area contributed by atoms with Crippen LogP contribution in [0.5, 0.6) is 0 Å². The van der Waals surface area contributed by atoms with Crippen molar-refractivity contribution in [3.05, 3.63) is 0 Å². The van der Waals surface area contributed by atoms with Gasteiger partial charge in [0.15, 0.2) is 0 Å². The van der Waals surface area contributed by atoms with E-state index in [4.69, 9.17) is 9.47 Å². The van der Waals surface area contributed by atoms with Gasteiger partial charge >= 0.3 is 5.97 Å². The van der Waals surface area contributed by atoms with Crippen LogP contribution in [0.4, 0.5) is 0 Å². The van der Waals surface area contributed by atoms with Crippen molar-refractivity contribution in [2.24, 2.45) is 11.3 Å². The summed E-state index contributed by atoms with van der Waals surface area (Å²) in [4.78, 5) is 11.7. The summed E-state index contributed by atoms with van der Waals surface area (Å²) in [5.74, 6) is 0.459. The Labute approximate surface area is 77.4 Å². The predicted octanol–water partition coefficient (Wildman–Crippen LogP) is 1.12. The van der Waals surface area contributed by atoms with Crippen LogP contribution in [0, 0.1) is 11.3 Å². The molecule has 3 atom stereocenters. The molecule has 3 rings (SSSR count). The Balaban J connectivity index is 2.00. The number of hydrogen-bond acceptors (Lipinski definition) is 3. The third kappa shape index (κ3) is 0.810. The summed E-state index contributed by atoms with van der Waals surface area (Å²) in [6.07, 6.45) is 4.61. The monoisotopic (exact) mass is 182 g/mol. The topological polar surface area (TPSA) is 35.5 Å². The minimum atomic E-state index is -0.224. The van der Waals surface area contributed by atoms with Crippen molar-refractivity contribution in [1.29, 1.82) is 0 Å². The molecule has 72 valence electrons. The molecule has 2 saturated heterocycles. The van der Waals surface area contributed by atoms with Crippen molar-refractivity contribution in [2.45, 2.75) is 31.8 Å². The Morgan fingerprint density at radius 2 is 2.23 bits per heavy atom. The lowest BCUT2D eigenvalue weighted by atomic mass is 9.66. The van der Waals surface area contributed by atoms with E-state index < -0.39 is 0 Å². The maximum absolute atomic E-state index is 11.7. The van der Waals surface area contributed by atoms with Crippen molar-refractivity contribution in [2.75, 3.05) is 13.2 Å². The number of rotatable bonds is 0. The predicted molar refractivity (Wildman–Crippen MR) is 45.1 cm³/mol. The van der Waals surface area contributed by atoms with Gasteiger partial charge in [0.05, 0.1) is 6.61 Å². The van der Waals surface area contributed by atoms with E-state index in [0.29, 0.717) is 12.5 Å². The second-order valence-corrected chi connectivity index (χ2v) is 4.40. The van der Waals surface area contributed by atoms with Gasteiger partial charge in [-0.2, -0.15) is 0 Å². The highest BCUT2D eigenvalue weighted by Gasteiger charge is 2.62. The zero-order chi connectivity index (χ0) is 8.89. The maximum atomic E-state index is 11.7. The lowest BCUT2D eigenvalue weighted by Gasteiger charge is -2.33. The molecule has 2 heterocycles. The number of ether oxygens (including phenoxy) is 2. The van der Waals surface area contributed by atoms with Crippen LogP contribution in [-0.4, -0.2) is 25.3 Å². The molecule has 3 nitrogen and oxygen atoms in total. The van der Waals surface area contributed by atoms with Crippen molar-refractivity contribution in [3.8, 4) is 0 Å². The number of esters is 1. The van der Waals surface area contributed by atoms with E-state index in [2.05, 4.69) is 0 Å². The summed E-state index contributed by atoms with van der Waals surface area (Å²) in [6.45, 7) is 1.27. The zero-order valence-electron chi connectivity index (χ0n) is 7.62. The van der Waals surface area contributed by atoms with Crippen molar-refractivity contribution in [1.82, 2.24) is 0 Å². The Bertz CT molecular complexity index is 249. The molecule has 3 aliphatic rings. The Morgan fingerprint density at radius 3 is 3.15 bits per heavy atom. The van der Waals surface area contributed by atoms with E-state index in [9.17, 15) is 4.79 Å². The second kappa shape index (κ2) is 2.47. The van der Waals surface area contributed by atoms with E-state index in [-0.39, 0.29) is 17.5 Å². The van der Waals surface area contributed by atoms with Gasteiger partial charge in [0.2, 0.25) is 0 Å². The van der Waals surface area contributed by atoms with Crippen LogP contribution >= 0.6 is 0 Å². The highest BCUT2D eigenvalue weighted by molar-refractivity contribution is 5.80. The van der Waals surface area contributed by atoms with Crippen LogP contribution in [0.25, 0.3) is 0 Å². The van der Waals surface area contributed by atoms with Crippen LogP contribution in [0.2, 0.25) is 0 Å². The second-order valence-electron chi connectivity index (χ2n) is 4.40. The first-order chi connectivity index (χ1) is 6.34. The molecule has 0 bridgehead atoms. The van der Waals surface area contributed by atoms with Gasteiger partial charge in [-0.25, -0.2) is 0 Å². The first-order valence-electron chi connectivity index (χ1n) is 5.13. The normalized spacial score (nSPS) is 48.5. The van der Waals surface area contributed by atoms with Crippen LogP contribution in [0.15, 0.2) is 0 Å².